The van der Waals surface area contributed by atoms with Crippen molar-refractivity contribution in [2.45, 2.75) is 19.6 Å². The summed E-state index contributed by atoms with van der Waals surface area (Å²) in [6.07, 6.45) is 0.730. The number of anilines is 1. The molecular formula is C22H19N5O2S. The van der Waals surface area contributed by atoms with Gasteiger partial charge in [-0.2, -0.15) is 4.37 Å². The van der Waals surface area contributed by atoms with Crippen molar-refractivity contribution in [3.05, 3.63) is 70.9 Å². The van der Waals surface area contributed by atoms with Crippen LogP contribution in [-0.4, -0.2) is 26.9 Å². The minimum Gasteiger partial charge on any atom is -0.376 e. The number of nitrogens with one attached hydrogen (secondary N) is 1. The molecular weight excluding hydrogens is 398 g/mol. The van der Waals surface area contributed by atoms with Gasteiger partial charge in [0.15, 0.2) is 5.82 Å². The molecule has 0 saturated heterocycles. The van der Waals surface area contributed by atoms with Crippen molar-refractivity contribution in [2.24, 2.45) is 5.73 Å². The number of hydrogen-bond donors (Lipinski definition) is 2. The second-order valence-electron chi connectivity index (χ2n) is 7.04. The molecule has 1 aliphatic rings. The molecule has 3 N–H and O–H groups in total. The van der Waals surface area contributed by atoms with Gasteiger partial charge in [-0.15, -0.1) is 0 Å². The molecule has 0 spiro atoms. The Morgan fingerprint density at radius 3 is 2.83 bits per heavy atom. The summed E-state index contributed by atoms with van der Waals surface area (Å²) in [6.45, 7) is 1.78. The third kappa shape index (κ3) is 3.40. The highest BCUT2D eigenvalue weighted by atomic mass is 32.1. The Balaban J connectivity index is 1.58. The Labute approximate surface area is 177 Å². The largest absolute Gasteiger partial charge is 0.376 e. The van der Waals surface area contributed by atoms with Gasteiger partial charge in [-0.1, -0.05) is 42.5 Å². The molecule has 0 bridgehead atoms. The molecule has 1 aliphatic heterocycles. The van der Waals surface area contributed by atoms with Gasteiger partial charge in [-0.05, 0) is 23.2 Å². The summed E-state index contributed by atoms with van der Waals surface area (Å²) in [5, 5.41) is 4.28. The van der Waals surface area contributed by atoms with E-state index >= 15 is 0 Å². The fourth-order valence-electron chi connectivity index (χ4n) is 3.59. The SMILES string of the molecule is NC(=O)c1cccc2c(-c3nc4c(c(NCc5ccccc5)n3)COCC4)snc12. The molecule has 0 aliphatic carbocycles. The van der Waals surface area contributed by atoms with Crippen LogP contribution < -0.4 is 11.1 Å². The Hall–Kier alpha value is -3.36. The molecule has 0 fully saturated rings. The summed E-state index contributed by atoms with van der Waals surface area (Å²) in [5.74, 6) is 0.873. The first-order valence-electron chi connectivity index (χ1n) is 9.64. The summed E-state index contributed by atoms with van der Waals surface area (Å²) in [5.41, 5.74) is 9.64. The summed E-state index contributed by atoms with van der Waals surface area (Å²) in [4.78, 5) is 22.2. The smallest absolute Gasteiger partial charge is 0.250 e. The first kappa shape index (κ1) is 18.7. The topological polar surface area (TPSA) is 103 Å². The van der Waals surface area contributed by atoms with E-state index in [1.165, 1.54) is 11.5 Å². The highest BCUT2D eigenvalue weighted by Crippen LogP contribution is 2.34. The minimum atomic E-state index is -0.494. The zero-order chi connectivity index (χ0) is 20.5. The number of nitrogens with two attached hydrogens (primary N) is 1. The molecule has 2 aromatic carbocycles. The lowest BCUT2D eigenvalue weighted by Crippen LogP contribution is -2.17. The van der Waals surface area contributed by atoms with Crippen LogP contribution in [0.25, 0.3) is 21.6 Å². The van der Waals surface area contributed by atoms with Crippen molar-refractivity contribution >= 4 is 34.2 Å². The molecule has 2 aromatic heterocycles. The molecule has 4 aromatic rings. The van der Waals surface area contributed by atoms with Gasteiger partial charge in [0.25, 0.3) is 5.91 Å². The number of nitrogens with zero attached hydrogens (tertiary/aromatic N) is 3. The number of carbonyl (C=O) groups is 1. The van der Waals surface area contributed by atoms with Crippen LogP contribution in [0.2, 0.25) is 0 Å². The average Bonchev–Trinajstić information content (AvgIpc) is 3.22. The van der Waals surface area contributed by atoms with Gasteiger partial charge in [0.2, 0.25) is 0 Å². The lowest BCUT2D eigenvalue weighted by molar-refractivity contribution is 0.100. The van der Waals surface area contributed by atoms with E-state index < -0.39 is 5.91 Å². The highest BCUT2D eigenvalue weighted by molar-refractivity contribution is 7.11. The normalized spacial score (nSPS) is 13.2. The van der Waals surface area contributed by atoms with E-state index in [0.29, 0.717) is 36.7 Å². The van der Waals surface area contributed by atoms with E-state index in [0.717, 1.165) is 39.3 Å². The van der Waals surface area contributed by atoms with Crippen LogP contribution in [0.1, 0.15) is 27.2 Å². The van der Waals surface area contributed by atoms with Gasteiger partial charge >= 0.3 is 0 Å². The number of aromatic nitrogens is 3. The second-order valence-corrected chi connectivity index (χ2v) is 7.81. The molecule has 3 heterocycles. The number of amides is 1. The summed E-state index contributed by atoms with van der Waals surface area (Å²) < 4.78 is 10.1. The van der Waals surface area contributed by atoms with Crippen molar-refractivity contribution in [3.63, 3.8) is 0 Å². The van der Waals surface area contributed by atoms with Crippen LogP contribution in [-0.2, 0) is 24.3 Å². The van der Waals surface area contributed by atoms with Gasteiger partial charge in [0.1, 0.15) is 10.7 Å². The first-order chi connectivity index (χ1) is 14.7. The molecule has 1 amide bonds. The number of benzene rings is 2. The standard InChI is InChI=1S/C22H19N5O2S/c23-20(28)15-8-4-7-14-18(15)27-30-19(14)22-25-17-9-10-29-12-16(17)21(26-22)24-11-13-5-2-1-3-6-13/h1-8H,9-12H2,(H2,23,28)(H,24,25,26). The van der Waals surface area contributed by atoms with E-state index in [-0.39, 0.29) is 0 Å². The van der Waals surface area contributed by atoms with E-state index in [2.05, 4.69) is 21.8 Å². The number of rotatable bonds is 5. The van der Waals surface area contributed by atoms with E-state index in [9.17, 15) is 4.79 Å². The average molecular weight is 417 g/mol. The van der Waals surface area contributed by atoms with E-state index in [1.54, 1.807) is 12.1 Å². The number of fused-ring (bicyclic) bond motifs is 2. The predicted octanol–water partition coefficient (Wildman–Crippen LogP) is 3.54. The monoisotopic (exact) mass is 417 g/mol. The molecule has 0 atom stereocenters. The Morgan fingerprint density at radius 2 is 2.00 bits per heavy atom. The van der Waals surface area contributed by atoms with Crippen LogP contribution >= 0.6 is 11.5 Å². The van der Waals surface area contributed by atoms with Gasteiger partial charge in [0.05, 0.1) is 30.0 Å². The maximum Gasteiger partial charge on any atom is 0.250 e. The Morgan fingerprint density at radius 1 is 1.13 bits per heavy atom. The fourth-order valence-corrected chi connectivity index (χ4v) is 4.40. The molecule has 30 heavy (non-hydrogen) atoms. The molecule has 5 rings (SSSR count). The molecule has 0 saturated carbocycles. The summed E-state index contributed by atoms with van der Waals surface area (Å²) >= 11 is 1.28. The summed E-state index contributed by atoms with van der Waals surface area (Å²) in [7, 11) is 0. The van der Waals surface area contributed by atoms with Gasteiger partial charge in [-0.25, -0.2) is 9.97 Å². The lowest BCUT2D eigenvalue weighted by Gasteiger charge is -2.20. The van der Waals surface area contributed by atoms with Crippen LogP contribution in [0, 0.1) is 0 Å². The van der Waals surface area contributed by atoms with Gasteiger partial charge < -0.3 is 15.8 Å². The maximum atomic E-state index is 11.8. The Kier molecular flexibility index (Phi) is 4.86. The van der Waals surface area contributed by atoms with Crippen molar-refractivity contribution in [1.82, 2.24) is 14.3 Å². The van der Waals surface area contributed by atoms with Crippen molar-refractivity contribution in [3.8, 4) is 10.7 Å². The zero-order valence-electron chi connectivity index (χ0n) is 16.1. The van der Waals surface area contributed by atoms with Crippen molar-refractivity contribution in [2.75, 3.05) is 11.9 Å². The third-order valence-corrected chi connectivity index (χ3v) is 5.96. The zero-order valence-corrected chi connectivity index (χ0v) is 16.9. The number of ether oxygens (including phenoxy) is 1. The van der Waals surface area contributed by atoms with Crippen molar-refractivity contribution in [1.29, 1.82) is 0 Å². The van der Waals surface area contributed by atoms with Crippen LogP contribution in [0.15, 0.2) is 48.5 Å². The number of hydrogen-bond acceptors (Lipinski definition) is 7. The minimum absolute atomic E-state index is 0.406. The number of primary amides is 1. The van der Waals surface area contributed by atoms with Crippen LogP contribution in [0.5, 0.6) is 0 Å². The van der Waals surface area contributed by atoms with E-state index in [4.69, 9.17) is 20.4 Å². The lowest BCUT2D eigenvalue weighted by atomic mass is 10.1. The molecule has 7 nitrogen and oxygen atoms in total. The van der Waals surface area contributed by atoms with Crippen molar-refractivity contribution < 1.29 is 9.53 Å². The second kappa shape index (κ2) is 7.81. The summed E-state index contributed by atoms with van der Waals surface area (Å²) in [6, 6.07) is 15.6. The number of carbonyl (C=O) groups excluding carboxylic acids is 1. The third-order valence-electron chi connectivity index (χ3n) is 5.10. The first-order valence-corrected chi connectivity index (χ1v) is 10.4. The molecule has 150 valence electrons. The van der Waals surface area contributed by atoms with Crippen LogP contribution in [0.3, 0.4) is 0 Å². The van der Waals surface area contributed by atoms with Gasteiger partial charge in [0, 0.05) is 23.9 Å². The molecule has 0 unspecified atom stereocenters. The fraction of sp³-hybridized carbons (Fsp3) is 0.182. The molecule has 0 radical (unpaired) electrons. The quantitative estimate of drug-likeness (QED) is 0.515. The highest BCUT2D eigenvalue weighted by Gasteiger charge is 2.22. The maximum absolute atomic E-state index is 11.8. The predicted molar refractivity (Wildman–Crippen MR) is 116 cm³/mol. The van der Waals surface area contributed by atoms with Crippen LogP contribution in [0.4, 0.5) is 5.82 Å². The Bertz CT molecular complexity index is 1240. The molecule has 8 heteroatoms. The van der Waals surface area contributed by atoms with E-state index in [1.807, 2.05) is 24.3 Å². The van der Waals surface area contributed by atoms with Gasteiger partial charge in [-0.3, -0.25) is 4.79 Å².